The third-order valence-electron chi connectivity index (χ3n) is 3.42. The van der Waals surface area contributed by atoms with E-state index in [-0.39, 0.29) is 10.9 Å². The molecule has 0 aliphatic heterocycles. The second kappa shape index (κ2) is 8.88. The molecule has 0 aliphatic rings. The van der Waals surface area contributed by atoms with Crippen LogP contribution in [0.3, 0.4) is 0 Å². The molecule has 0 spiro atoms. The monoisotopic (exact) mass is 396 g/mol. The Labute approximate surface area is 158 Å². The maximum absolute atomic E-state index is 11.9. The van der Waals surface area contributed by atoms with Gasteiger partial charge in [-0.05, 0) is 35.9 Å². The van der Waals surface area contributed by atoms with Gasteiger partial charge in [-0.3, -0.25) is 0 Å². The summed E-state index contributed by atoms with van der Waals surface area (Å²) >= 11 is 6.06. The highest BCUT2D eigenvalue weighted by molar-refractivity contribution is 7.89. The molecule has 0 aromatic heterocycles. The lowest BCUT2D eigenvalue weighted by Gasteiger charge is -2.09. The number of nitrogens with two attached hydrogens (primary N) is 1. The normalized spacial score (nSPS) is 12.0. The van der Waals surface area contributed by atoms with Gasteiger partial charge in [-0.1, -0.05) is 30.7 Å². The zero-order chi connectivity index (χ0) is 19.2. The van der Waals surface area contributed by atoms with Crippen molar-refractivity contribution in [3.8, 4) is 5.75 Å². The fourth-order valence-corrected chi connectivity index (χ4v) is 3.45. The standard InChI is InChI=1S/C17H21ClN4O3S/c1-3-21-26(23,24)14-7-4-12(5-8-14)11-20-17(19)22-13-6-9-16(25-2)15(18)10-13/h4-10,21H,3,11H2,1-2H3,(H3,19,20,22). The van der Waals surface area contributed by atoms with Crippen molar-refractivity contribution in [2.45, 2.75) is 18.4 Å². The van der Waals surface area contributed by atoms with Crippen LogP contribution in [0.15, 0.2) is 52.4 Å². The average Bonchev–Trinajstić information content (AvgIpc) is 2.60. The van der Waals surface area contributed by atoms with Crippen LogP contribution in [0.25, 0.3) is 0 Å². The number of nitrogens with one attached hydrogen (secondary N) is 2. The Hall–Kier alpha value is -2.29. The minimum Gasteiger partial charge on any atom is -0.495 e. The minimum absolute atomic E-state index is 0.214. The zero-order valence-electron chi connectivity index (χ0n) is 14.5. The first-order valence-electron chi connectivity index (χ1n) is 7.85. The Morgan fingerprint density at radius 3 is 2.50 bits per heavy atom. The van der Waals surface area contributed by atoms with Crippen LogP contribution in [0, 0.1) is 0 Å². The van der Waals surface area contributed by atoms with Gasteiger partial charge in [0.25, 0.3) is 0 Å². The number of anilines is 1. The van der Waals surface area contributed by atoms with E-state index in [0.717, 1.165) is 5.56 Å². The van der Waals surface area contributed by atoms with E-state index in [2.05, 4.69) is 15.0 Å². The molecule has 7 nitrogen and oxygen atoms in total. The van der Waals surface area contributed by atoms with Gasteiger partial charge < -0.3 is 15.8 Å². The second-order valence-electron chi connectivity index (χ2n) is 5.32. The summed E-state index contributed by atoms with van der Waals surface area (Å²) in [4.78, 5) is 4.45. The molecule has 2 aromatic carbocycles. The van der Waals surface area contributed by atoms with Gasteiger partial charge in [-0.25, -0.2) is 18.1 Å². The lowest BCUT2D eigenvalue weighted by atomic mass is 10.2. The van der Waals surface area contributed by atoms with E-state index >= 15 is 0 Å². The summed E-state index contributed by atoms with van der Waals surface area (Å²) in [7, 11) is -1.91. The molecule has 0 aliphatic carbocycles. The highest BCUT2D eigenvalue weighted by Crippen LogP contribution is 2.27. The van der Waals surface area contributed by atoms with Crippen LogP contribution in [0.5, 0.6) is 5.75 Å². The summed E-state index contributed by atoms with van der Waals surface area (Å²) in [6.07, 6.45) is 0. The Morgan fingerprint density at radius 2 is 1.92 bits per heavy atom. The Morgan fingerprint density at radius 1 is 1.23 bits per heavy atom. The molecule has 140 valence electrons. The molecule has 9 heteroatoms. The van der Waals surface area contributed by atoms with Gasteiger partial charge in [0.1, 0.15) is 5.75 Å². The topological polar surface area (TPSA) is 106 Å². The minimum atomic E-state index is -3.45. The van der Waals surface area contributed by atoms with Gasteiger partial charge in [-0.15, -0.1) is 0 Å². The van der Waals surface area contributed by atoms with Crippen LogP contribution < -0.4 is 20.5 Å². The zero-order valence-corrected chi connectivity index (χ0v) is 16.1. The Kier molecular flexibility index (Phi) is 6.84. The third-order valence-corrected chi connectivity index (χ3v) is 5.28. The van der Waals surface area contributed by atoms with E-state index in [1.54, 1.807) is 44.4 Å². The first-order valence-corrected chi connectivity index (χ1v) is 9.71. The second-order valence-corrected chi connectivity index (χ2v) is 7.50. The Bertz CT molecular complexity index is 883. The number of sulfonamides is 1. The van der Waals surface area contributed by atoms with Crippen molar-refractivity contribution in [1.29, 1.82) is 0 Å². The quantitative estimate of drug-likeness (QED) is 0.492. The number of methoxy groups -OCH3 is 1. The SMILES string of the molecule is CCNS(=O)(=O)c1ccc(CN=C(N)Nc2ccc(OC)c(Cl)c2)cc1. The van der Waals surface area contributed by atoms with E-state index in [0.29, 0.717) is 29.5 Å². The number of hydrogen-bond donors (Lipinski definition) is 3. The maximum Gasteiger partial charge on any atom is 0.240 e. The van der Waals surface area contributed by atoms with Crippen LogP contribution in [-0.2, 0) is 16.6 Å². The van der Waals surface area contributed by atoms with Crippen molar-refractivity contribution in [1.82, 2.24) is 4.72 Å². The van der Waals surface area contributed by atoms with Crippen molar-refractivity contribution in [2.24, 2.45) is 10.7 Å². The van der Waals surface area contributed by atoms with Crippen LogP contribution in [-0.4, -0.2) is 28.0 Å². The molecular formula is C17H21ClN4O3S. The fraction of sp³-hybridized carbons (Fsp3) is 0.235. The number of rotatable bonds is 7. The number of halogens is 1. The molecule has 4 N–H and O–H groups in total. The summed E-state index contributed by atoms with van der Waals surface area (Å²) in [6, 6.07) is 11.7. The molecule has 0 atom stereocenters. The average molecular weight is 397 g/mol. The van der Waals surface area contributed by atoms with E-state index in [1.165, 1.54) is 12.1 Å². The van der Waals surface area contributed by atoms with Crippen LogP contribution in [0.4, 0.5) is 5.69 Å². The van der Waals surface area contributed by atoms with Crippen LogP contribution in [0.1, 0.15) is 12.5 Å². The third kappa shape index (κ3) is 5.35. The molecule has 0 saturated carbocycles. The van der Waals surface area contributed by atoms with Crippen molar-refractivity contribution < 1.29 is 13.2 Å². The van der Waals surface area contributed by atoms with Gasteiger partial charge in [0.2, 0.25) is 10.0 Å². The number of benzene rings is 2. The van der Waals surface area contributed by atoms with Crippen molar-refractivity contribution in [3.63, 3.8) is 0 Å². The molecule has 0 amide bonds. The molecule has 0 unspecified atom stereocenters. The molecule has 0 saturated heterocycles. The number of ether oxygens (including phenoxy) is 1. The molecule has 0 fully saturated rings. The number of hydrogen-bond acceptors (Lipinski definition) is 4. The largest absolute Gasteiger partial charge is 0.495 e. The molecule has 26 heavy (non-hydrogen) atoms. The van der Waals surface area contributed by atoms with E-state index in [9.17, 15) is 8.42 Å². The highest BCUT2D eigenvalue weighted by Gasteiger charge is 2.11. The summed E-state index contributed by atoms with van der Waals surface area (Å²) < 4.78 is 31.3. The van der Waals surface area contributed by atoms with Gasteiger partial charge in [0.05, 0.1) is 23.6 Å². The first kappa shape index (κ1) is 20.0. The summed E-state index contributed by atoms with van der Waals surface area (Å²) in [6.45, 7) is 2.38. The van der Waals surface area contributed by atoms with E-state index in [4.69, 9.17) is 22.1 Å². The maximum atomic E-state index is 11.9. The predicted octanol–water partition coefficient (Wildman–Crippen LogP) is 2.57. The first-order chi connectivity index (χ1) is 12.4. The number of guanidine groups is 1. The summed E-state index contributed by atoms with van der Waals surface area (Å²) in [5.74, 6) is 0.788. The van der Waals surface area contributed by atoms with Crippen LogP contribution in [0.2, 0.25) is 5.02 Å². The lowest BCUT2D eigenvalue weighted by molar-refractivity contribution is 0.415. The molecule has 0 radical (unpaired) electrons. The fourth-order valence-electron chi connectivity index (χ4n) is 2.16. The van der Waals surface area contributed by atoms with Crippen molar-refractivity contribution >= 4 is 33.3 Å². The molecular weight excluding hydrogens is 376 g/mol. The molecule has 0 bridgehead atoms. The molecule has 2 aromatic rings. The summed E-state index contributed by atoms with van der Waals surface area (Å²) in [5, 5.41) is 3.40. The smallest absolute Gasteiger partial charge is 0.240 e. The van der Waals surface area contributed by atoms with E-state index < -0.39 is 10.0 Å². The lowest BCUT2D eigenvalue weighted by Crippen LogP contribution is -2.23. The van der Waals surface area contributed by atoms with Gasteiger partial charge in [0, 0.05) is 12.2 Å². The van der Waals surface area contributed by atoms with Gasteiger partial charge in [-0.2, -0.15) is 0 Å². The number of nitrogens with zero attached hydrogens (tertiary/aromatic N) is 1. The molecule has 0 heterocycles. The summed E-state index contributed by atoms with van der Waals surface area (Å²) in [5.41, 5.74) is 7.39. The van der Waals surface area contributed by atoms with Crippen LogP contribution >= 0.6 is 11.6 Å². The predicted molar refractivity (Wildman–Crippen MR) is 104 cm³/mol. The van der Waals surface area contributed by atoms with Crippen molar-refractivity contribution in [3.05, 3.63) is 53.1 Å². The van der Waals surface area contributed by atoms with Gasteiger partial charge >= 0.3 is 0 Å². The van der Waals surface area contributed by atoms with Gasteiger partial charge in [0.15, 0.2) is 5.96 Å². The molecule has 2 rings (SSSR count). The number of aliphatic imine (C=N–C) groups is 1. The van der Waals surface area contributed by atoms with Crippen molar-refractivity contribution in [2.75, 3.05) is 19.0 Å². The highest BCUT2D eigenvalue weighted by atomic mass is 35.5. The Balaban J connectivity index is 2.01. The van der Waals surface area contributed by atoms with E-state index in [1.807, 2.05) is 0 Å².